The maximum atomic E-state index is 12.0. The summed E-state index contributed by atoms with van der Waals surface area (Å²) in [5.41, 5.74) is 2.08. The second kappa shape index (κ2) is 14.0. The van der Waals surface area contributed by atoms with Gasteiger partial charge in [0.25, 0.3) is 0 Å². The van der Waals surface area contributed by atoms with Crippen molar-refractivity contribution in [1.82, 2.24) is 21.1 Å². The number of carbonyl (C=O) groups is 1. The van der Waals surface area contributed by atoms with Gasteiger partial charge in [0.05, 0.1) is 12.2 Å². The number of aromatic nitrogens is 1. The Balaban J connectivity index is 0.00000420. The van der Waals surface area contributed by atoms with Gasteiger partial charge in [-0.15, -0.1) is 24.0 Å². The molecule has 0 saturated carbocycles. The van der Waals surface area contributed by atoms with E-state index in [0.717, 1.165) is 29.9 Å². The lowest BCUT2D eigenvalue weighted by molar-refractivity contribution is -0.121. The summed E-state index contributed by atoms with van der Waals surface area (Å²) < 4.78 is 5.40. The quantitative estimate of drug-likeness (QED) is 0.257. The number of rotatable bonds is 10. The van der Waals surface area contributed by atoms with Crippen molar-refractivity contribution in [1.29, 1.82) is 0 Å². The first-order valence-corrected chi connectivity index (χ1v) is 9.86. The molecule has 1 heterocycles. The minimum absolute atomic E-state index is 0. The lowest BCUT2D eigenvalue weighted by Gasteiger charge is -2.11. The molecule has 29 heavy (non-hydrogen) atoms. The van der Waals surface area contributed by atoms with Gasteiger partial charge in [0.1, 0.15) is 0 Å². The molecule has 0 aliphatic carbocycles. The minimum atomic E-state index is -0.00291. The van der Waals surface area contributed by atoms with Gasteiger partial charge in [0.2, 0.25) is 5.91 Å². The van der Waals surface area contributed by atoms with Crippen molar-refractivity contribution in [3.05, 3.63) is 53.4 Å². The molecule has 1 aromatic carbocycles. The van der Waals surface area contributed by atoms with Crippen LogP contribution in [0.5, 0.6) is 0 Å². The third-order valence-corrected chi connectivity index (χ3v) is 4.61. The Bertz CT molecular complexity index is 745. The number of nitrogens with one attached hydrogen (secondary N) is 3. The molecule has 2 rings (SSSR count). The van der Waals surface area contributed by atoms with Crippen LogP contribution in [0.3, 0.4) is 0 Å². The first-order chi connectivity index (χ1) is 13.7. The Morgan fingerprint density at radius 3 is 2.48 bits per heavy atom. The molecule has 0 aliphatic rings. The summed E-state index contributed by atoms with van der Waals surface area (Å²) >= 11 is 0. The van der Waals surface area contributed by atoms with E-state index in [9.17, 15) is 4.79 Å². The molecule has 0 atom stereocenters. The molecular weight excluding hydrogens is 481 g/mol. The topological polar surface area (TPSA) is 91.5 Å². The monoisotopic (exact) mass is 513 g/mol. The molecule has 0 saturated heterocycles. The molecular formula is C21H32IN5O2. The highest BCUT2D eigenvalue weighted by molar-refractivity contribution is 14.0. The van der Waals surface area contributed by atoms with Crippen molar-refractivity contribution in [3.8, 4) is 0 Å². The molecule has 1 aromatic heterocycles. The van der Waals surface area contributed by atoms with Gasteiger partial charge < -0.3 is 20.5 Å². The second-order valence-electron chi connectivity index (χ2n) is 6.60. The lowest BCUT2D eigenvalue weighted by Crippen LogP contribution is -2.38. The van der Waals surface area contributed by atoms with E-state index in [-0.39, 0.29) is 29.9 Å². The van der Waals surface area contributed by atoms with Crippen molar-refractivity contribution in [3.63, 3.8) is 0 Å². The summed E-state index contributed by atoms with van der Waals surface area (Å²) in [5, 5.41) is 13.4. The fraction of sp³-hybridized carbons (Fsp3) is 0.476. The predicted molar refractivity (Wildman–Crippen MR) is 126 cm³/mol. The van der Waals surface area contributed by atoms with Gasteiger partial charge in [-0.1, -0.05) is 49.3 Å². The van der Waals surface area contributed by atoms with Crippen LogP contribution in [0.1, 0.15) is 56.0 Å². The normalized spacial score (nSPS) is 11.1. The number of amides is 1. The summed E-state index contributed by atoms with van der Waals surface area (Å²) in [7, 11) is 1.70. The van der Waals surface area contributed by atoms with Gasteiger partial charge >= 0.3 is 0 Å². The summed E-state index contributed by atoms with van der Waals surface area (Å²) in [6.45, 7) is 5.84. The summed E-state index contributed by atoms with van der Waals surface area (Å²) in [6.07, 6.45) is 2.46. The highest BCUT2D eigenvalue weighted by atomic mass is 127. The van der Waals surface area contributed by atoms with Crippen molar-refractivity contribution in [2.45, 2.75) is 52.1 Å². The lowest BCUT2D eigenvalue weighted by atomic mass is 9.99. The van der Waals surface area contributed by atoms with Crippen LogP contribution in [-0.2, 0) is 17.9 Å². The SMILES string of the molecule is CCC(CC)c1cc(CNC(=NC)NCCC(=O)NCc2ccccc2)on1.I. The molecule has 0 aliphatic heterocycles. The molecule has 0 bridgehead atoms. The van der Waals surface area contributed by atoms with E-state index in [2.05, 4.69) is 39.9 Å². The Morgan fingerprint density at radius 1 is 1.10 bits per heavy atom. The zero-order valence-electron chi connectivity index (χ0n) is 17.4. The Hall–Kier alpha value is -2.10. The standard InChI is InChI=1S/C21H31N5O2.HI/c1-4-17(5-2)19-13-18(28-26-19)15-25-21(22-3)23-12-11-20(27)24-14-16-9-7-6-8-10-16;/h6-10,13,17H,4-5,11-12,14-15H2,1-3H3,(H,24,27)(H2,22,23,25);1H. The molecule has 7 nitrogen and oxygen atoms in total. The molecule has 0 spiro atoms. The Kier molecular flexibility index (Phi) is 12.0. The van der Waals surface area contributed by atoms with Crippen molar-refractivity contribution < 1.29 is 9.32 Å². The van der Waals surface area contributed by atoms with E-state index in [1.54, 1.807) is 7.05 Å². The van der Waals surface area contributed by atoms with E-state index in [0.29, 0.717) is 37.9 Å². The van der Waals surface area contributed by atoms with Gasteiger partial charge in [-0.25, -0.2) is 0 Å². The van der Waals surface area contributed by atoms with Crippen LogP contribution in [0.25, 0.3) is 0 Å². The summed E-state index contributed by atoms with van der Waals surface area (Å²) in [4.78, 5) is 16.1. The first-order valence-electron chi connectivity index (χ1n) is 9.86. The molecule has 2 aromatic rings. The number of carbonyl (C=O) groups excluding carboxylic acids is 1. The summed E-state index contributed by atoms with van der Waals surface area (Å²) in [6, 6.07) is 11.8. The van der Waals surface area contributed by atoms with E-state index >= 15 is 0 Å². The molecule has 3 N–H and O–H groups in total. The van der Waals surface area contributed by atoms with E-state index in [1.165, 1.54) is 0 Å². The van der Waals surface area contributed by atoms with E-state index in [1.807, 2.05) is 36.4 Å². The molecule has 1 amide bonds. The number of aliphatic imine (C=N–C) groups is 1. The van der Waals surface area contributed by atoms with Crippen LogP contribution in [0.4, 0.5) is 0 Å². The zero-order valence-corrected chi connectivity index (χ0v) is 19.7. The van der Waals surface area contributed by atoms with Crippen LogP contribution in [0, 0.1) is 0 Å². The number of hydrogen-bond donors (Lipinski definition) is 3. The average Bonchev–Trinajstić information content (AvgIpc) is 3.19. The van der Waals surface area contributed by atoms with Gasteiger partial charge in [0, 0.05) is 38.5 Å². The maximum absolute atomic E-state index is 12.0. The fourth-order valence-electron chi connectivity index (χ4n) is 2.88. The first kappa shape index (κ1) is 24.9. The number of nitrogens with zero attached hydrogens (tertiary/aromatic N) is 2. The van der Waals surface area contributed by atoms with Crippen molar-refractivity contribution in [2.75, 3.05) is 13.6 Å². The molecule has 160 valence electrons. The molecule has 0 unspecified atom stereocenters. The maximum Gasteiger partial charge on any atom is 0.222 e. The Labute approximate surface area is 190 Å². The number of guanidine groups is 1. The number of hydrogen-bond acceptors (Lipinski definition) is 4. The number of benzene rings is 1. The highest BCUT2D eigenvalue weighted by Crippen LogP contribution is 2.22. The van der Waals surface area contributed by atoms with Gasteiger partial charge in [-0.2, -0.15) is 0 Å². The molecule has 0 radical (unpaired) electrons. The van der Waals surface area contributed by atoms with Crippen LogP contribution in [-0.4, -0.2) is 30.6 Å². The van der Waals surface area contributed by atoms with Gasteiger partial charge in [0.15, 0.2) is 11.7 Å². The van der Waals surface area contributed by atoms with Crippen molar-refractivity contribution in [2.24, 2.45) is 4.99 Å². The van der Waals surface area contributed by atoms with Crippen molar-refractivity contribution >= 4 is 35.8 Å². The highest BCUT2D eigenvalue weighted by Gasteiger charge is 2.13. The van der Waals surface area contributed by atoms with E-state index < -0.39 is 0 Å². The van der Waals surface area contributed by atoms with Crippen LogP contribution >= 0.6 is 24.0 Å². The van der Waals surface area contributed by atoms with E-state index in [4.69, 9.17) is 4.52 Å². The molecule has 0 fully saturated rings. The zero-order chi connectivity index (χ0) is 20.2. The van der Waals surface area contributed by atoms with Gasteiger partial charge in [-0.05, 0) is 18.4 Å². The minimum Gasteiger partial charge on any atom is -0.359 e. The second-order valence-corrected chi connectivity index (χ2v) is 6.60. The van der Waals surface area contributed by atoms with Crippen LogP contribution < -0.4 is 16.0 Å². The predicted octanol–water partition coefficient (Wildman–Crippen LogP) is 3.57. The average molecular weight is 513 g/mol. The van der Waals surface area contributed by atoms with Crippen LogP contribution in [0.15, 0.2) is 45.9 Å². The third kappa shape index (κ3) is 8.84. The van der Waals surface area contributed by atoms with Crippen LogP contribution in [0.2, 0.25) is 0 Å². The summed E-state index contributed by atoms with van der Waals surface area (Å²) in [5.74, 6) is 1.82. The molecule has 8 heteroatoms. The smallest absolute Gasteiger partial charge is 0.222 e. The third-order valence-electron chi connectivity index (χ3n) is 4.61. The van der Waals surface area contributed by atoms with Gasteiger partial charge in [-0.3, -0.25) is 9.79 Å². The fourth-order valence-corrected chi connectivity index (χ4v) is 2.88. The number of halogens is 1. The largest absolute Gasteiger partial charge is 0.359 e. The Morgan fingerprint density at radius 2 is 1.83 bits per heavy atom.